The molecular weight excluding hydrogens is 340 g/mol. The Labute approximate surface area is 159 Å². The fourth-order valence-corrected chi connectivity index (χ4v) is 4.76. The van der Waals surface area contributed by atoms with Crippen molar-refractivity contribution in [2.75, 3.05) is 19.7 Å². The van der Waals surface area contributed by atoms with Gasteiger partial charge in [0.2, 0.25) is 11.8 Å². The minimum absolute atomic E-state index is 0.00985. The van der Waals surface area contributed by atoms with Crippen LogP contribution in [0.2, 0.25) is 0 Å². The minimum Gasteiger partial charge on any atom is -0.394 e. The van der Waals surface area contributed by atoms with E-state index < -0.39 is 5.54 Å². The maximum atomic E-state index is 13.1. The molecule has 2 aliphatic rings. The molecule has 2 aromatic carbocycles. The Balaban J connectivity index is 1.63. The molecule has 2 fully saturated rings. The van der Waals surface area contributed by atoms with Crippen LogP contribution in [0.15, 0.2) is 60.7 Å². The Morgan fingerprint density at radius 1 is 1.04 bits per heavy atom. The van der Waals surface area contributed by atoms with Crippen LogP contribution in [0.4, 0.5) is 0 Å². The number of likely N-dealkylation sites (tertiary alicyclic amines) is 2. The van der Waals surface area contributed by atoms with Crippen molar-refractivity contribution in [2.24, 2.45) is 0 Å². The van der Waals surface area contributed by atoms with Crippen molar-refractivity contribution in [1.29, 1.82) is 0 Å². The average molecular weight is 364 g/mol. The van der Waals surface area contributed by atoms with Crippen molar-refractivity contribution in [2.45, 2.75) is 30.8 Å². The van der Waals surface area contributed by atoms with Crippen LogP contribution >= 0.6 is 0 Å². The molecule has 2 amide bonds. The first-order valence-electron chi connectivity index (χ1n) is 9.34. The molecule has 5 heteroatoms. The molecule has 1 spiro atoms. The van der Waals surface area contributed by atoms with Crippen LogP contribution in [0.25, 0.3) is 0 Å². The molecule has 0 unspecified atom stereocenters. The number of benzene rings is 2. The molecule has 0 aromatic heterocycles. The van der Waals surface area contributed by atoms with Crippen LogP contribution in [0.1, 0.15) is 24.0 Å². The molecule has 2 aliphatic heterocycles. The minimum atomic E-state index is -0.410. The Hall–Kier alpha value is -2.66. The van der Waals surface area contributed by atoms with Gasteiger partial charge in [-0.1, -0.05) is 60.7 Å². The van der Waals surface area contributed by atoms with Gasteiger partial charge < -0.3 is 14.9 Å². The molecule has 0 bridgehead atoms. The average Bonchev–Trinajstić information content (AvgIpc) is 2.61. The topological polar surface area (TPSA) is 60.9 Å². The van der Waals surface area contributed by atoms with E-state index in [1.807, 2.05) is 65.6 Å². The van der Waals surface area contributed by atoms with Crippen LogP contribution in [0.3, 0.4) is 0 Å². The number of aliphatic hydroxyl groups is 1. The van der Waals surface area contributed by atoms with Crippen LogP contribution in [-0.2, 0) is 16.0 Å². The molecule has 1 N–H and O–H groups in total. The standard InChI is InChI=1S/C22H24N2O3/c1-16(26)23-14-22(15-23)21(18-10-6-3-7-11-18)19(13-25)24(22)20(27)12-17-8-4-2-5-9-17/h2-11,19,21,25H,12-15H2,1H3/t19-,21+/m1/s1. The zero-order valence-corrected chi connectivity index (χ0v) is 15.4. The van der Waals surface area contributed by atoms with Gasteiger partial charge in [0.1, 0.15) is 0 Å². The number of rotatable bonds is 4. The SMILES string of the molecule is CC(=O)N1CC2(C1)[C@@H](c1ccccc1)[C@@H](CO)N2C(=O)Cc1ccccc1. The molecule has 4 rings (SSSR count). The van der Waals surface area contributed by atoms with Gasteiger partial charge in [-0.05, 0) is 11.1 Å². The Morgan fingerprint density at radius 3 is 2.19 bits per heavy atom. The number of amides is 2. The van der Waals surface area contributed by atoms with E-state index in [1.54, 1.807) is 11.8 Å². The van der Waals surface area contributed by atoms with Crippen LogP contribution in [-0.4, -0.2) is 58.0 Å². The predicted octanol–water partition coefficient (Wildman–Crippen LogP) is 1.82. The maximum Gasteiger partial charge on any atom is 0.227 e. The van der Waals surface area contributed by atoms with Crippen molar-refractivity contribution in [3.8, 4) is 0 Å². The second kappa shape index (κ2) is 6.82. The van der Waals surface area contributed by atoms with E-state index in [2.05, 4.69) is 0 Å². The molecule has 0 aliphatic carbocycles. The molecule has 2 atom stereocenters. The summed E-state index contributed by atoms with van der Waals surface area (Å²) < 4.78 is 0. The quantitative estimate of drug-likeness (QED) is 0.900. The summed E-state index contributed by atoms with van der Waals surface area (Å²) in [7, 11) is 0. The predicted molar refractivity (Wildman–Crippen MR) is 102 cm³/mol. The fourth-order valence-electron chi connectivity index (χ4n) is 4.76. The lowest BCUT2D eigenvalue weighted by Crippen LogP contribution is -2.86. The first-order chi connectivity index (χ1) is 13.1. The number of hydrogen-bond donors (Lipinski definition) is 1. The Bertz CT molecular complexity index is 831. The van der Waals surface area contributed by atoms with Gasteiger partial charge in [0.15, 0.2) is 0 Å². The van der Waals surface area contributed by atoms with Crippen LogP contribution in [0, 0.1) is 0 Å². The highest BCUT2D eigenvalue weighted by Crippen LogP contribution is 2.53. The summed E-state index contributed by atoms with van der Waals surface area (Å²) in [5, 5.41) is 10.1. The maximum absolute atomic E-state index is 13.1. The number of hydrogen-bond acceptors (Lipinski definition) is 3. The van der Waals surface area contributed by atoms with Gasteiger partial charge in [-0.3, -0.25) is 9.59 Å². The van der Waals surface area contributed by atoms with Crippen molar-refractivity contribution < 1.29 is 14.7 Å². The second-order valence-electron chi connectivity index (χ2n) is 7.54. The third-order valence-corrected chi connectivity index (χ3v) is 5.96. The van der Waals surface area contributed by atoms with Crippen molar-refractivity contribution in [3.05, 3.63) is 71.8 Å². The lowest BCUT2D eigenvalue weighted by molar-refractivity contribution is -0.202. The van der Waals surface area contributed by atoms with Gasteiger partial charge >= 0.3 is 0 Å². The van der Waals surface area contributed by atoms with Crippen molar-refractivity contribution in [1.82, 2.24) is 9.80 Å². The highest BCUT2D eigenvalue weighted by molar-refractivity contribution is 5.83. The normalized spacial score (nSPS) is 22.9. The molecule has 27 heavy (non-hydrogen) atoms. The summed E-state index contributed by atoms with van der Waals surface area (Å²) in [6.45, 7) is 2.53. The molecule has 0 radical (unpaired) electrons. The number of carbonyl (C=O) groups excluding carboxylic acids is 2. The van der Waals surface area contributed by atoms with E-state index >= 15 is 0 Å². The summed E-state index contributed by atoms with van der Waals surface area (Å²) in [6, 6.07) is 19.4. The summed E-state index contributed by atoms with van der Waals surface area (Å²) in [6.07, 6.45) is 0.306. The van der Waals surface area contributed by atoms with Gasteiger partial charge in [0.05, 0.1) is 24.6 Å². The molecule has 2 heterocycles. The molecule has 5 nitrogen and oxygen atoms in total. The smallest absolute Gasteiger partial charge is 0.227 e. The van der Waals surface area contributed by atoms with E-state index in [9.17, 15) is 14.7 Å². The molecule has 140 valence electrons. The highest BCUT2D eigenvalue weighted by atomic mass is 16.3. The van der Waals surface area contributed by atoms with Crippen molar-refractivity contribution >= 4 is 11.8 Å². The van der Waals surface area contributed by atoms with E-state index in [1.165, 1.54) is 0 Å². The van der Waals surface area contributed by atoms with E-state index in [-0.39, 0.29) is 30.4 Å². The van der Waals surface area contributed by atoms with Gasteiger partial charge in [-0.15, -0.1) is 0 Å². The zero-order valence-electron chi connectivity index (χ0n) is 15.4. The Kier molecular flexibility index (Phi) is 4.48. The van der Waals surface area contributed by atoms with Gasteiger partial charge in [-0.25, -0.2) is 0 Å². The number of carbonyl (C=O) groups is 2. The van der Waals surface area contributed by atoms with Gasteiger partial charge in [0.25, 0.3) is 0 Å². The molecular formula is C22H24N2O3. The van der Waals surface area contributed by atoms with E-state index in [4.69, 9.17) is 0 Å². The third kappa shape index (κ3) is 2.82. The Morgan fingerprint density at radius 2 is 1.63 bits per heavy atom. The van der Waals surface area contributed by atoms with E-state index in [0.29, 0.717) is 19.5 Å². The zero-order chi connectivity index (χ0) is 19.0. The molecule has 0 saturated carbocycles. The monoisotopic (exact) mass is 364 g/mol. The molecule has 2 saturated heterocycles. The third-order valence-electron chi connectivity index (χ3n) is 5.96. The highest BCUT2D eigenvalue weighted by Gasteiger charge is 2.67. The van der Waals surface area contributed by atoms with Gasteiger partial charge in [-0.2, -0.15) is 0 Å². The summed E-state index contributed by atoms with van der Waals surface area (Å²) in [5.41, 5.74) is 1.66. The number of aliphatic hydroxyl groups excluding tert-OH is 1. The summed E-state index contributed by atoms with van der Waals surface area (Å²) in [4.78, 5) is 28.5. The lowest BCUT2D eigenvalue weighted by atomic mass is 9.60. The van der Waals surface area contributed by atoms with Crippen LogP contribution in [0.5, 0.6) is 0 Å². The summed E-state index contributed by atoms with van der Waals surface area (Å²) in [5.74, 6) is 0.0741. The lowest BCUT2D eigenvalue weighted by Gasteiger charge is -2.70. The van der Waals surface area contributed by atoms with Crippen LogP contribution < -0.4 is 0 Å². The molecule has 2 aromatic rings. The second-order valence-corrected chi connectivity index (χ2v) is 7.54. The van der Waals surface area contributed by atoms with Gasteiger partial charge in [0, 0.05) is 25.9 Å². The summed E-state index contributed by atoms with van der Waals surface area (Å²) >= 11 is 0. The number of nitrogens with zero attached hydrogens (tertiary/aromatic N) is 2. The first kappa shape index (κ1) is 17.7. The first-order valence-corrected chi connectivity index (χ1v) is 9.34. The fraction of sp³-hybridized carbons (Fsp3) is 0.364. The van der Waals surface area contributed by atoms with Crippen molar-refractivity contribution in [3.63, 3.8) is 0 Å². The van der Waals surface area contributed by atoms with E-state index in [0.717, 1.165) is 11.1 Å². The largest absolute Gasteiger partial charge is 0.394 e.